The molecule has 1 aromatic carbocycles. The van der Waals surface area contributed by atoms with E-state index in [1.54, 1.807) is 0 Å². The molecule has 0 heterocycles. The molecule has 0 saturated carbocycles. The third-order valence-corrected chi connectivity index (χ3v) is 1.69. The van der Waals surface area contributed by atoms with Crippen LogP contribution in [0.5, 0.6) is 0 Å². The standard InChI is InChI=1S/C9H9S.Y/c1-3-8-6-9(10)5-4-7(8)2;/h4-6,10H,1H2,2H3;/q-1;. The summed E-state index contributed by atoms with van der Waals surface area (Å²) in [5.74, 6) is 0. The maximum absolute atomic E-state index is 4.19. The van der Waals surface area contributed by atoms with Crippen molar-refractivity contribution in [1.29, 1.82) is 0 Å². The molecule has 0 aliphatic rings. The molecular formula is C9H9SY-. The summed E-state index contributed by atoms with van der Waals surface area (Å²) < 4.78 is 0. The fourth-order valence-corrected chi connectivity index (χ4v) is 1.00. The second-order valence-electron chi connectivity index (χ2n) is 2.18. The zero-order valence-electron chi connectivity index (χ0n) is 6.46. The number of hydrogen-bond donors (Lipinski definition) is 1. The van der Waals surface area contributed by atoms with Crippen molar-refractivity contribution in [3.05, 3.63) is 42.0 Å². The van der Waals surface area contributed by atoms with Gasteiger partial charge in [0.1, 0.15) is 0 Å². The molecule has 0 saturated heterocycles. The summed E-state index contributed by atoms with van der Waals surface area (Å²) in [7, 11) is 0. The van der Waals surface area contributed by atoms with Gasteiger partial charge in [-0.05, 0) is 0 Å². The quantitative estimate of drug-likeness (QED) is 0.564. The third kappa shape index (κ3) is 3.10. The van der Waals surface area contributed by atoms with Crippen molar-refractivity contribution in [2.75, 3.05) is 0 Å². The average molecular weight is 238 g/mol. The van der Waals surface area contributed by atoms with Gasteiger partial charge in [-0.2, -0.15) is 36.4 Å². The molecule has 0 fully saturated rings. The molecule has 55 valence electrons. The van der Waals surface area contributed by atoms with Crippen molar-refractivity contribution in [2.45, 2.75) is 11.8 Å². The summed E-state index contributed by atoms with van der Waals surface area (Å²) in [5.41, 5.74) is 2.22. The van der Waals surface area contributed by atoms with Gasteiger partial charge in [0.15, 0.2) is 0 Å². The number of aryl methyl sites for hydroxylation is 1. The SMILES string of the molecule is C=[C-]c1cc(S)ccc1C.[Y]. The van der Waals surface area contributed by atoms with E-state index in [-0.39, 0.29) is 32.7 Å². The van der Waals surface area contributed by atoms with Crippen LogP contribution in [0.2, 0.25) is 0 Å². The summed E-state index contributed by atoms with van der Waals surface area (Å²) in [6, 6.07) is 5.92. The molecule has 1 aromatic rings. The van der Waals surface area contributed by atoms with Gasteiger partial charge in [0, 0.05) is 32.7 Å². The van der Waals surface area contributed by atoms with Crippen LogP contribution in [0, 0.1) is 13.0 Å². The molecular weight excluding hydrogens is 229 g/mol. The van der Waals surface area contributed by atoms with Crippen LogP contribution in [-0.4, -0.2) is 0 Å². The van der Waals surface area contributed by atoms with Crippen molar-refractivity contribution < 1.29 is 32.7 Å². The Morgan fingerprint density at radius 3 is 2.55 bits per heavy atom. The van der Waals surface area contributed by atoms with E-state index in [9.17, 15) is 0 Å². The van der Waals surface area contributed by atoms with Gasteiger partial charge in [0.2, 0.25) is 0 Å². The molecule has 0 aliphatic carbocycles. The van der Waals surface area contributed by atoms with E-state index in [2.05, 4.69) is 25.3 Å². The normalized spacial score (nSPS) is 8.55. The van der Waals surface area contributed by atoms with Crippen molar-refractivity contribution in [3.63, 3.8) is 0 Å². The zero-order valence-corrected chi connectivity index (χ0v) is 10.2. The smallest absolute Gasteiger partial charge is 0 e. The Morgan fingerprint density at radius 2 is 2.09 bits per heavy atom. The first kappa shape index (κ1) is 11.4. The maximum atomic E-state index is 4.19. The fraction of sp³-hybridized carbons (Fsp3) is 0.111. The second kappa shape index (κ2) is 5.13. The molecule has 11 heavy (non-hydrogen) atoms. The van der Waals surface area contributed by atoms with Gasteiger partial charge >= 0.3 is 0 Å². The minimum absolute atomic E-state index is 0. The van der Waals surface area contributed by atoms with E-state index < -0.39 is 0 Å². The summed E-state index contributed by atoms with van der Waals surface area (Å²) in [4.78, 5) is 0.955. The van der Waals surface area contributed by atoms with E-state index >= 15 is 0 Å². The summed E-state index contributed by atoms with van der Waals surface area (Å²) in [6.45, 7) is 5.60. The molecule has 0 bridgehead atoms. The van der Waals surface area contributed by atoms with Gasteiger partial charge in [0.25, 0.3) is 0 Å². The molecule has 0 aliphatic heterocycles. The van der Waals surface area contributed by atoms with Crippen molar-refractivity contribution in [3.8, 4) is 0 Å². The van der Waals surface area contributed by atoms with E-state index in [1.807, 2.05) is 25.1 Å². The predicted octanol–water partition coefficient (Wildman–Crippen LogP) is 2.62. The molecule has 0 nitrogen and oxygen atoms in total. The molecule has 0 atom stereocenters. The third-order valence-electron chi connectivity index (χ3n) is 1.41. The van der Waals surface area contributed by atoms with E-state index in [0.717, 1.165) is 10.5 Å². The topological polar surface area (TPSA) is 0 Å². The number of rotatable bonds is 1. The Hall–Kier alpha value is 0.414. The Balaban J connectivity index is 0.000001000. The van der Waals surface area contributed by atoms with E-state index in [4.69, 9.17) is 0 Å². The van der Waals surface area contributed by atoms with E-state index in [1.165, 1.54) is 5.56 Å². The minimum atomic E-state index is 0. The molecule has 1 rings (SSSR count). The second-order valence-corrected chi connectivity index (χ2v) is 2.69. The largest absolute Gasteiger partial charge is 0.189 e. The molecule has 1 radical (unpaired) electrons. The Labute approximate surface area is 98.4 Å². The Morgan fingerprint density at radius 1 is 1.45 bits per heavy atom. The maximum Gasteiger partial charge on any atom is 0 e. The van der Waals surface area contributed by atoms with Crippen LogP contribution in [0.1, 0.15) is 11.1 Å². The van der Waals surface area contributed by atoms with Crippen LogP contribution < -0.4 is 0 Å². The van der Waals surface area contributed by atoms with Crippen LogP contribution in [-0.2, 0) is 32.7 Å². The first-order chi connectivity index (χ1) is 4.74. The zero-order chi connectivity index (χ0) is 7.56. The Kier molecular flexibility index (Phi) is 5.32. The van der Waals surface area contributed by atoms with Crippen molar-refractivity contribution in [1.82, 2.24) is 0 Å². The van der Waals surface area contributed by atoms with E-state index in [0.29, 0.717) is 0 Å². The molecule has 2 heteroatoms. The van der Waals surface area contributed by atoms with Crippen molar-refractivity contribution in [2.24, 2.45) is 0 Å². The van der Waals surface area contributed by atoms with Crippen molar-refractivity contribution >= 4 is 12.6 Å². The molecule has 0 unspecified atom stereocenters. The van der Waals surface area contributed by atoms with Gasteiger partial charge in [0.05, 0.1) is 0 Å². The fourth-order valence-electron chi connectivity index (χ4n) is 0.800. The monoisotopic (exact) mass is 238 g/mol. The molecule has 0 amide bonds. The van der Waals surface area contributed by atoms with Crippen LogP contribution >= 0.6 is 12.6 Å². The van der Waals surface area contributed by atoms with Gasteiger partial charge < -0.3 is 0 Å². The first-order valence-corrected chi connectivity index (χ1v) is 3.51. The van der Waals surface area contributed by atoms with Crippen LogP contribution in [0.4, 0.5) is 0 Å². The average Bonchev–Trinajstić information content (AvgIpc) is 1.94. The summed E-state index contributed by atoms with van der Waals surface area (Å²) in [6.07, 6.45) is 2.84. The van der Waals surface area contributed by atoms with Crippen LogP contribution in [0.15, 0.2) is 29.7 Å². The number of thiol groups is 1. The molecule has 0 aromatic heterocycles. The first-order valence-electron chi connectivity index (χ1n) is 3.07. The van der Waals surface area contributed by atoms with Crippen LogP contribution in [0.25, 0.3) is 0 Å². The minimum Gasteiger partial charge on any atom is -0.189 e. The summed E-state index contributed by atoms with van der Waals surface area (Å²) >= 11 is 4.19. The number of hydrogen-bond acceptors (Lipinski definition) is 1. The van der Waals surface area contributed by atoms with Crippen LogP contribution in [0.3, 0.4) is 0 Å². The molecule has 0 spiro atoms. The Bertz CT molecular complexity index is 256. The van der Waals surface area contributed by atoms with Gasteiger partial charge in [-0.3, -0.25) is 0 Å². The number of benzene rings is 1. The van der Waals surface area contributed by atoms with Gasteiger partial charge in [-0.15, -0.1) is 12.1 Å². The summed E-state index contributed by atoms with van der Waals surface area (Å²) in [5, 5.41) is 0. The van der Waals surface area contributed by atoms with Gasteiger partial charge in [-0.1, -0.05) is 17.9 Å². The predicted molar refractivity (Wildman–Crippen MR) is 46.4 cm³/mol. The van der Waals surface area contributed by atoms with Gasteiger partial charge in [-0.25, -0.2) is 0 Å². The molecule has 0 N–H and O–H groups in total.